The van der Waals surface area contributed by atoms with Crippen LogP contribution >= 0.6 is 35.1 Å². The van der Waals surface area contributed by atoms with E-state index in [9.17, 15) is 22.4 Å². The number of benzene rings is 1. The van der Waals surface area contributed by atoms with Gasteiger partial charge in [-0.05, 0) is 37.1 Å². The molecular weight excluding hydrogens is 369 g/mol. The van der Waals surface area contributed by atoms with Gasteiger partial charge in [0.1, 0.15) is 6.17 Å². The zero-order valence-corrected chi connectivity index (χ0v) is 13.2. The first-order valence-corrected chi connectivity index (χ1v) is 7.54. The molecule has 1 unspecified atom stereocenters. The summed E-state index contributed by atoms with van der Waals surface area (Å²) in [6.07, 6.45) is -5.48. The molecule has 1 saturated heterocycles. The van der Waals surface area contributed by atoms with Gasteiger partial charge in [0.2, 0.25) is 0 Å². The summed E-state index contributed by atoms with van der Waals surface area (Å²) in [5.74, 6) is 0. The second-order valence-corrected chi connectivity index (χ2v) is 6.93. The number of urea groups is 1. The molecule has 2 rings (SSSR count). The molecule has 0 radical (unpaired) electrons. The molecule has 0 saturated carbocycles. The number of carbonyl (C=O) groups is 1. The second kappa shape index (κ2) is 6.31. The van der Waals surface area contributed by atoms with Gasteiger partial charge in [-0.2, -0.15) is 13.2 Å². The molecule has 11 heteroatoms. The number of halogens is 6. The molecule has 1 fully saturated rings. The topological polar surface area (TPSA) is 26.8 Å². The zero-order valence-electron chi connectivity index (χ0n) is 10.9. The lowest BCUT2D eigenvalue weighted by atomic mass is 10.2. The third-order valence-electron chi connectivity index (χ3n) is 2.87. The maximum Gasteiger partial charge on any atom is 0.416 e. The van der Waals surface area contributed by atoms with Crippen LogP contribution in [-0.4, -0.2) is 26.0 Å². The quantitative estimate of drug-likeness (QED) is 0.327. The number of hydrogen-bond acceptors (Lipinski definition) is 3. The summed E-state index contributed by atoms with van der Waals surface area (Å²) in [6, 6.07) is 2.93. The van der Waals surface area contributed by atoms with Crippen LogP contribution in [0.4, 0.5) is 28.1 Å². The van der Waals surface area contributed by atoms with Crippen LogP contribution in [0.5, 0.6) is 0 Å². The maximum absolute atomic E-state index is 13.9. The first kappa shape index (κ1) is 17.5. The van der Waals surface area contributed by atoms with Crippen molar-refractivity contribution in [3.63, 3.8) is 0 Å². The van der Waals surface area contributed by atoms with E-state index in [0.717, 1.165) is 27.5 Å². The Morgan fingerprint density at radius 2 is 1.95 bits per heavy atom. The Morgan fingerprint density at radius 1 is 1.32 bits per heavy atom. The van der Waals surface area contributed by atoms with Gasteiger partial charge in [-0.1, -0.05) is 39.0 Å². The van der Waals surface area contributed by atoms with Crippen LogP contribution in [0.15, 0.2) is 24.3 Å². The lowest BCUT2D eigenvalue weighted by molar-refractivity contribution is -0.137. The molecule has 1 aromatic carbocycles. The van der Waals surface area contributed by atoms with E-state index < -0.39 is 28.1 Å². The summed E-state index contributed by atoms with van der Waals surface area (Å²) < 4.78 is 51.9. The van der Waals surface area contributed by atoms with Gasteiger partial charge in [0.15, 0.2) is 4.17 Å². The predicted octanol–water partition coefficient (Wildman–Crippen LogP) is 4.80. The highest BCUT2D eigenvalue weighted by Crippen LogP contribution is 2.38. The van der Waals surface area contributed by atoms with E-state index in [2.05, 4.69) is 0 Å². The number of alkyl halides is 5. The summed E-state index contributed by atoms with van der Waals surface area (Å²) >= 11 is 11.7. The van der Waals surface area contributed by atoms with Gasteiger partial charge < -0.3 is 0 Å². The summed E-state index contributed by atoms with van der Waals surface area (Å²) in [7, 11) is 0. The van der Waals surface area contributed by atoms with E-state index in [1.54, 1.807) is 0 Å². The Balaban J connectivity index is 2.34. The van der Waals surface area contributed by atoms with Crippen molar-refractivity contribution >= 4 is 46.9 Å². The number of rotatable bonds is 3. The van der Waals surface area contributed by atoms with Gasteiger partial charge in [-0.15, -0.1) is 4.41 Å². The molecule has 1 aliphatic heterocycles. The van der Waals surface area contributed by atoms with Crippen LogP contribution in [0.2, 0.25) is 0 Å². The lowest BCUT2D eigenvalue weighted by Crippen LogP contribution is -2.34. The van der Waals surface area contributed by atoms with Gasteiger partial charge >= 0.3 is 12.2 Å². The third kappa shape index (κ3) is 3.37. The van der Waals surface area contributed by atoms with E-state index in [4.69, 9.17) is 23.2 Å². The summed E-state index contributed by atoms with van der Waals surface area (Å²) in [5, 5.41) is -0.243. The molecule has 122 valence electrons. The summed E-state index contributed by atoms with van der Waals surface area (Å²) in [6.45, 7) is 1.43. The number of hydrazine groups is 1. The van der Waals surface area contributed by atoms with Gasteiger partial charge in [-0.3, -0.25) is 4.90 Å². The minimum absolute atomic E-state index is 0.0845. The van der Waals surface area contributed by atoms with Crippen molar-refractivity contribution in [2.45, 2.75) is 23.4 Å². The number of amides is 2. The maximum atomic E-state index is 13.9. The molecule has 1 aromatic rings. The Kier molecular flexibility index (Phi) is 5.00. The molecule has 0 spiro atoms. The highest BCUT2D eigenvalue weighted by atomic mass is 35.5. The third-order valence-corrected chi connectivity index (χ3v) is 4.17. The lowest BCUT2D eigenvalue weighted by Gasteiger charge is -2.24. The largest absolute Gasteiger partial charge is 0.416 e. The Morgan fingerprint density at radius 3 is 2.50 bits per heavy atom. The van der Waals surface area contributed by atoms with E-state index in [1.807, 2.05) is 0 Å². The van der Waals surface area contributed by atoms with Crippen LogP contribution in [-0.2, 0) is 6.18 Å². The SMILES string of the molecule is CC1N(c2cccc(C(F)(F)F)c2)C(=O)N(F)N1SC(Cl)Cl. The van der Waals surface area contributed by atoms with E-state index in [0.29, 0.717) is 11.9 Å². The molecule has 1 heterocycles. The van der Waals surface area contributed by atoms with Crippen molar-refractivity contribution in [2.24, 2.45) is 0 Å². The van der Waals surface area contributed by atoms with Gasteiger partial charge in [0.05, 0.1) is 5.56 Å². The first-order valence-electron chi connectivity index (χ1n) is 5.83. The molecular formula is C11H9Cl2F4N3OS. The molecule has 0 aliphatic carbocycles. The van der Waals surface area contributed by atoms with Crippen molar-refractivity contribution in [1.29, 1.82) is 0 Å². The van der Waals surface area contributed by atoms with Crippen molar-refractivity contribution in [3.05, 3.63) is 29.8 Å². The minimum Gasteiger partial charge on any atom is -0.272 e. The average molecular weight is 378 g/mol. The molecule has 0 bridgehead atoms. The van der Waals surface area contributed by atoms with Crippen LogP contribution in [0, 0.1) is 0 Å². The molecule has 1 aliphatic rings. The van der Waals surface area contributed by atoms with Crippen LogP contribution in [0.1, 0.15) is 12.5 Å². The highest BCUT2D eigenvalue weighted by molar-refractivity contribution is 8.00. The molecule has 4 nitrogen and oxygen atoms in total. The van der Waals surface area contributed by atoms with Gasteiger partial charge in [-0.25, -0.2) is 4.79 Å². The standard InChI is InChI=1S/C11H9Cl2F4N3OS/c1-6-18(10(21)19(17)20(6)22-9(12)13)8-4-2-3-7(5-8)11(14,15)16/h2-6,9H,1H3. The number of hydrogen-bond donors (Lipinski definition) is 0. The van der Waals surface area contributed by atoms with E-state index >= 15 is 0 Å². The predicted molar refractivity (Wildman–Crippen MR) is 76.7 cm³/mol. The fourth-order valence-corrected chi connectivity index (χ4v) is 3.02. The summed E-state index contributed by atoms with van der Waals surface area (Å²) in [4.78, 5) is 12.8. The zero-order chi connectivity index (χ0) is 16.7. The Bertz CT molecular complexity index is 575. The summed E-state index contributed by atoms with van der Waals surface area (Å²) in [5.41, 5.74) is -1.02. The first-order chi connectivity index (χ1) is 10.1. The number of anilines is 1. The molecule has 1 atom stereocenters. The fourth-order valence-electron chi connectivity index (χ4n) is 1.95. The van der Waals surface area contributed by atoms with Crippen LogP contribution in [0.25, 0.3) is 0 Å². The molecule has 2 amide bonds. The molecule has 0 N–H and O–H groups in total. The highest BCUT2D eigenvalue weighted by Gasteiger charge is 2.45. The number of nitrogens with zero attached hydrogens (tertiary/aromatic N) is 3. The van der Waals surface area contributed by atoms with Crippen molar-refractivity contribution in [3.8, 4) is 0 Å². The molecule has 0 aromatic heterocycles. The van der Waals surface area contributed by atoms with Gasteiger partial charge in [0.25, 0.3) is 0 Å². The Labute approximate surface area is 137 Å². The smallest absolute Gasteiger partial charge is 0.272 e. The number of carbonyl (C=O) groups excluding carboxylic acids is 1. The minimum atomic E-state index is -4.57. The van der Waals surface area contributed by atoms with Crippen molar-refractivity contribution in [1.82, 2.24) is 9.65 Å². The van der Waals surface area contributed by atoms with Crippen molar-refractivity contribution < 1.29 is 22.4 Å². The van der Waals surface area contributed by atoms with E-state index in [-0.39, 0.29) is 10.9 Å². The normalized spacial score (nSPS) is 20.4. The van der Waals surface area contributed by atoms with Gasteiger partial charge in [0, 0.05) is 5.69 Å². The monoisotopic (exact) mass is 377 g/mol. The van der Waals surface area contributed by atoms with Crippen LogP contribution in [0.3, 0.4) is 0 Å². The van der Waals surface area contributed by atoms with Crippen molar-refractivity contribution in [2.75, 3.05) is 4.90 Å². The Hall–Kier alpha value is -0.900. The average Bonchev–Trinajstić information content (AvgIpc) is 2.62. The fraction of sp³-hybridized carbons (Fsp3) is 0.364. The molecule has 22 heavy (non-hydrogen) atoms. The second-order valence-electron chi connectivity index (χ2n) is 4.26. The van der Waals surface area contributed by atoms with Crippen LogP contribution < -0.4 is 4.90 Å². The van der Waals surface area contributed by atoms with E-state index in [1.165, 1.54) is 13.0 Å².